The minimum atomic E-state index is -0.730. The van der Waals surface area contributed by atoms with Crippen LogP contribution in [0.4, 0.5) is 0 Å². The number of esters is 3. The summed E-state index contributed by atoms with van der Waals surface area (Å²) in [6.45, 7) is 8.56. The Morgan fingerprint density at radius 3 is 1.91 bits per heavy atom. The summed E-state index contributed by atoms with van der Waals surface area (Å²) in [7, 11) is 1.22. The second-order valence-corrected chi connectivity index (χ2v) is 6.71. The van der Waals surface area contributed by atoms with Gasteiger partial charge in [-0.1, -0.05) is 31.4 Å². The second kappa shape index (κ2) is 11.2. The van der Waals surface area contributed by atoms with E-state index in [0.29, 0.717) is 16.9 Å². The third-order valence-electron chi connectivity index (χ3n) is 4.09. The first-order valence-corrected chi connectivity index (χ1v) is 9.46. The van der Waals surface area contributed by atoms with E-state index < -0.39 is 17.9 Å². The Hall–Kier alpha value is -4.26. The average Bonchev–Trinajstić information content (AvgIpc) is 2.78. The van der Waals surface area contributed by atoms with Gasteiger partial charge in [-0.05, 0) is 55.0 Å². The lowest BCUT2D eigenvalue weighted by Crippen LogP contribution is -2.14. The molecule has 164 valence electrons. The highest BCUT2D eigenvalue weighted by Gasteiger charge is 2.14. The lowest BCUT2D eigenvalue weighted by Gasteiger charge is -2.06. The number of hydrogen-bond acceptors (Lipinski definition) is 7. The number of allylic oxidation sites excluding steroid dienone is 1. The molecule has 0 amide bonds. The molecule has 0 aliphatic heterocycles. The number of benzene rings is 2. The number of ether oxygens (including phenoxy) is 3. The predicted octanol–water partition coefficient (Wildman–Crippen LogP) is 4.09. The van der Waals surface area contributed by atoms with Gasteiger partial charge in [0.2, 0.25) is 0 Å². The van der Waals surface area contributed by atoms with Crippen molar-refractivity contribution in [2.45, 2.75) is 13.3 Å². The first-order valence-electron chi connectivity index (χ1n) is 9.46. The van der Waals surface area contributed by atoms with Crippen molar-refractivity contribution in [2.75, 3.05) is 7.11 Å². The standard InChI is InChI=1S/C25H22O7/c1-16(2)24(28)31-21-12-8-19(9-13-21)22(26)14-7-18-5-10-20(11-6-18)32-25(29)17(3)15-23(27)30-4/h5-14H,1,3,15H2,2,4H3/b14-7+. The van der Waals surface area contributed by atoms with E-state index in [9.17, 15) is 19.2 Å². The summed E-state index contributed by atoms with van der Waals surface area (Å²) in [6, 6.07) is 12.6. The van der Waals surface area contributed by atoms with Crippen LogP contribution >= 0.6 is 0 Å². The molecule has 0 spiro atoms. The number of carbonyl (C=O) groups excluding carboxylic acids is 4. The van der Waals surface area contributed by atoms with Gasteiger partial charge in [-0.15, -0.1) is 0 Å². The first kappa shape index (κ1) is 24.0. The molecule has 0 fully saturated rings. The average molecular weight is 434 g/mol. The van der Waals surface area contributed by atoms with Gasteiger partial charge < -0.3 is 14.2 Å². The van der Waals surface area contributed by atoms with Crippen molar-refractivity contribution in [1.29, 1.82) is 0 Å². The lowest BCUT2D eigenvalue weighted by atomic mass is 10.1. The smallest absolute Gasteiger partial charge is 0.339 e. The summed E-state index contributed by atoms with van der Waals surface area (Å²) in [5.41, 5.74) is 1.39. The van der Waals surface area contributed by atoms with Crippen molar-refractivity contribution in [3.63, 3.8) is 0 Å². The van der Waals surface area contributed by atoms with Crippen LogP contribution in [0.1, 0.15) is 29.3 Å². The zero-order chi connectivity index (χ0) is 23.7. The van der Waals surface area contributed by atoms with E-state index in [2.05, 4.69) is 17.9 Å². The van der Waals surface area contributed by atoms with Crippen molar-refractivity contribution in [3.8, 4) is 11.5 Å². The molecule has 0 heterocycles. The van der Waals surface area contributed by atoms with Crippen LogP contribution < -0.4 is 9.47 Å². The Balaban J connectivity index is 1.94. The monoisotopic (exact) mass is 434 g/mol. The van der Waals surface area contributed by atoms with Crippen LogP contribution in [0.25, 0.3) is 6.08 Å². The van der Waals surface area contributed by atoms with Gasteiger partial charge in [-0.3, -0.25) is 9.59 Å². The van der Waals surface area contributed by atoms with Crippen LogP contribution in [0, 0.1) is 0 Å². The topological polar surface area (TPSA) is 96.0 Å². The lowest BCUT2D eigenvalue weighted by molar-refractivity contribution is -0.141. The molecule has 0 saturated carbocycles. The molecule has 0 saturated heterocycles. The molecule has 0 N–H and O–H groups in total. The molecule has 0 bridgehead atoms. The second-order valence-electron chi connectivity index (χ2n) is 6.71. The number of methoxy groups -OCH3 is 1. The van der Waals surface area contributed by atoms with Gasteiger partial charge in [0.1, 0.15) is 11.5 Å². The molecular formula is C25H22O7. The minimum Gasteiger partial charge on any atom is -0.469 e. The summed E-state index contributed by atoms with van der Waals surface area (Å²) in [6.07, 6.45) is 2.75. The predicted molar refractivity (Wildman–Crippen MR) is 118 cm³/mol. The number of carbonyl (C=O) groups is 4. The number of ketones is 1. The molecular weight excluding hydrogens is 412 g/mol. The fourth-order valence-electron chi connectivity index (χ4n) is 2.29. The SMILES string of the molecule is C=C(C)C(=O)Oc1ccc(C(=O)/C=C/c2ccc(OC(=O)C(=C)CC(=O)OC)cc2)cc1. The van der Waals surface area contributed by atoms with Crippen molar-refractivity contribution in [2.24, 2.45) is 0 Å². The molecule has 0 aliphatic rings. The maximum absolute atomic E-state index is 12.3. The van der Waals surface area contributed by atoms with Crippen molar-refractivity contribution in [1.82, 2.24) is 0 Å². The molecule has 32 heavy (non-hydrogen) atoms. The van der Waals surface area contributed by atoms with Gasteiger partial charge >= 0.3 is 17.9 Å². The summed E-state index contributed by atoms with van der Waals surface area (Å²) in [4.78, 5) is 47.0. The van der Waals surface area contributed by atoms with Gasteiger partial charge in [-0.2, -0.15) is 0 Å². The Morgan fingerprint density at radius 2 is 1.38 bits per heavy atom. The van der Waals surface area contributed by atoms with Gasteiger partial charge in [0.25, 0.3) is 0 Å². The molecule has 0 atom stereocenters. The van der Waals surface area contributed by atoms with Crippen LogP contribution in [0.5, 0.6) is 11.5 Å². The normalized spacial score (nSPS) is 10.3. The Morgan fingerprint density at radius 1 is 0.844 bits per heavy atom. The van der Waals surface area contributed by atoms with Gasteiger partial charge in [0.15, 0.2) is 5.78 Å². The van der Waals surface area contributed by atoms with Crippen molar-refractivity contribution >= 4 is 29.8 Å². The van der Waals surface area contributed by atoms with Gasteiger partial charge in [0.05, 0.1) is 13.5 Å². The Kier molecular flexibility index (Phi) is 8.42. The largest absolute Gasteiger partial charge is 0.469 e. The quantitative estimate of drug-likeness (QED) is 0.254. The molecule has 2 aromatic carbocycles. The van der Waals surface area contributed by atoms with E-state index in [1.54, 1.807) is 49.4 Å². The van der Waals surface area contributed by atoms with E-state index in [-0.39, 0.29) is 29.1 Å². The van der Waals surface area contributed by atoms with E-state index >= 15 is 0 Å². The Labute approximate surface area is 185 Å². The maximum atomic E-state index is 12.3. The zero-order valence-electron chi connectivity index (χ0n) is 17.8. The van der Waals surface area contributed by atoms with Gasteiger partial charge in [-0.25, -0.2) is 9.59 Å². The highest BCUT2D eigenvalue weighted by atomic mass is 16.5. The fourth-order valence-corrected chi connectivity index (χ4v) is 2.29. The van der Waals surface area contributed by atoms with Crippen molar-refractivity contribution < 1.29 is 33.4 Å². The summed E-state index contributed by atoms with van der Waals surface area (Å²) in [5.74, 6) is -1.50. The molecule has 7 heteroatoms. The van der Waals surface area contributed by atoms with Crippen molar-refractivity contribution in [3.05, 3.63) is 90.0 Å². The molecule has 2 rings (SSSR count). The highest BCUT2D eigenvalue weighted by Crippen LogP contribution is 2.17. The zero-order valence-corrected chi connectivity index (χ0v) is 17.8. The molecule has 0 radical (unpaired) electrons. The summed E-state index contributed by atoms with van der Waals surface area (Å²) >= 11 is 0. The molecule has 0 aliphatic carbocycles. The summed E-state index contributed by atoms with van der Waals surface area (Å²) < 4.78 is 14.7. The fraction of sp³-hybridized carbons (Fsp3) is 0.120. The van der Waals surface area contributed by atoms with E-state index in [0.717, 1.165) is 0 Å². The van der Waals surface area contributed by atoms with Crippen LogP contribution in [0.2, 0.25) is 0 Å². The highest BCUT2D eigenvalue weighted by molar-refractivity contribution is 6.07. The third kappa shape index (κ3) is 7.21. The molecule has 0 aromatic heterocycles. The van der Waals surface area contributed by atoms with E-state index in [1.165, 1.54) is 25.3 Å². The molecule has 7 nitrogen and oxygen atoms in total. The van der Waals surface area contributed by atoms with E-state index in [4.69, 9.17) is 9.47 Å². The number of hydrogen-bond donors (Lipinski definition) is 0. The molecule has 2 aromatic rings. The maximum Gasteiger partial charge on any atom is 0.339 e. The van der Waals surface area contributed by atoms with Crippen LogP contribution in [0.3, 0.4) is 0 Å². The third-order valence-corrected chi connectivity index (χ3v) is 4.09. The minimum absolute atomic E-state index is 0.0215. The summed E-state index contributed by atoms with van der Waals surface area (Å²) in [5, 5.41) is 0. The van der Waals surface area contributed by atoms with Crippen LogP contribution in [-0.2, 0) is 19.1 Å². The van der Waals surface area contributed by atoms with Crippen LogP contribution in [-0.4, -0.2) is 30.8 Å². The van der Waals surface area contributed by atoms with Gasteiger partial charge in [0, 0.05) is 16.7 Å². The van der Waals surface area contributed by atoms with Crippen LogP contribution in [0.15, 0.2) is 78.9 Å². The number of rotatable bonds is 9. The molecule has 0 unspecified atom stereocenters. The first-order chi connectivity index (χ1) is 15.2. The Bertz CT molecular complexity index is 1070. The van der Waals surface area contributed by atoms with E-state index in [1.807, 2.05) is 0 Å².